The summed E-state index contributed by atoms with van der Waals surface area (Å²) in [4.78, 5) is 10.7. The Balaban J connectivity index is 2.85. The molecule has 0 spiro atoms. The topological polar surface area (TPSA) is 89.3 Å². The number of carboxylic acids is 1. The lowest BCUT2D eigenvalue weighted by atomic mass is 10.3. The van der Waals surface area contributed by atoms with E-state index in [1.54, 1.807) is 16.9 Å². The molecule has 1 aromatic rings. The highest BCUT2D eigenvalue weighted by molar-refractivity contribution is 7.91. The molecule has 0 fully saturated rings. The van der Waals surface area contributed by atoms with Crippen molar-refractivity contribution in [2.24, 2.45) is 0 Å². The van der Waals surface area contributed by atoms with E-state index in [0.29, 0.717) is 5.69 Å². The van der Waals surface area contributed by atoms with Crippen molar-refractivity contribution < 1.29 is 18.3 Å². The number of aliphatic carboxylic acids is 1. The summed E-state index contributed by atoms with van der Waals surface area (Å²) in [7, 11) is -3.71. The largest absolute Gasteiger partial charge is 0.480 e. The Hall–Kier alpha value is -1.37. The highest BCUT2D eigenvalue weighted by Gasteiger charge is 2.28. The SMILES string of the molecule is CCC(C)n1ccc(CS(=O)(=O)C(C)C(=O)O)n1. The molecule has 18 heavy (non-hydrogen) atoms. The molecule has 0 saturated carbocycles. The molecule has 1 aromatic heterocycles. The summed E-state index contributed by atoms with van der Waals surface area (Å²) >= 11 is 0. The van der Waals surface area contributed by atoms with Crippen LogP contribution in [-0.4, -0.2) is 34.5 Å². The van der Waals surface area contributed by atoms with Crippen LogP contribution in [0, 0.1) is 0 Å². The molecule has 0 saturated heterocycles. The summed E-state index contributed by atoms with van der Waals surface area (Å²) in [5.41, 5.74) is 0.378. The Morgan fingerprint density at radius 2 is 2.11 bits per heavy atom. The normalized spacial score (nSPS) is 15.3. The van der Waals surface area contributed by atoms with Crippen LogP contribution < -0.4 is 0 Å². The number of hydrogen-bond acceptors (Lipinski definition) is 4. The molecule has 6 nitrogen and oxygen atoms in total. The summed E-state index contributed by atoms with van der Waals surface area (Å²) in [6.45, 7) is 5.16. The highest BCUT2D eigenvalue weighted by Crippen LogP contribution is 2.13. The molecule has 1 N–H and O–H groups in total. The Bertz CT molecular complexity index is 521. The second-order valence-electron chi connectivity index (χ2n) is 4.33. The smallest absolute Gasteiger partial charge is 0.321 e. The van der Waals surface area contributed by atoms with Gasteiger partial charge in [0, 0.05) is 12.2 Å². The van der Waals surface area contributed by atoms with Crippen LogP contribution in [0.15, 0.2) is 12.3 Å². The Labute approximate surface area is 107 Å². The summed E-state index contributed by atoms with van der Waals surface area (Å²) < 4.78 is 25.2. The van der Waals surface area contributed by atoms with Crippen molar-refractivity contribution in [2.45, 2.75) is 44.2 Å². The van der Waals surface area contributed by atoms with Crippen LogP contribution in [0.1, 0.15) is 38.9 Å². The van der Waals surface area contributed by atoms with Gasteiger partial charge in [-0.2, -0.15) is 5.10 Å². The summed E-state index contributed by atoms with van der Waals surface area (Å²) in [5.74, 6) is -1.68. The van der Waals surface area contributed by atoms with Gasteiger partial charge in [0.2, 0.25) is 0 Å². The Kier molecular flexibility index (Phi) is 4.50. The zero-order valence-electron chi connectivity index (χ0n) is 10.7. The lowest BCUT2D eigenvalue weighted by Gasteiger charge is -2.09. The average molecular weight is 274 g/mol. The molecule has 1 rings (SSSR count). The maximum absolute atomic E-state index is 11.8. The lowest BCUT2D eigenvalue weighted by Crippen LogP contribution is -2.28. The van der Waals surface area contributed by atoms with Crippen molar-refractivity contribution in [3.05, 3.63) is 18.0 Å². The van der Waals surface area contributed by atoms with E-state index in [2.05, 4.69) is 5.10 Å². The van der Waals surface area contributed by atoms with Crippen LogP contribution >= 0.6 is 0 Å². The highest BCUT2D eigenvalue weighted by atomic mass is 32.2. The summed E-state index contributed by atoms with van der Waals surface area (Å²) in [5, 5.41) is 11.5. The van der Waals surface area contributed by atoms with Gasteiger partial charge < -0.3 is 5.11 Å². The third-order valence-corrected chi connectivity index (χ3v) is 4.92. The van der Waals surface area contributed by atoms with Crippen LogP contribution in [0.5, 0.6) is 0 Å². The second-order valence-corrected chi connectivity index (χ2v) is 6.65. The molecule has 2 atom stereocenters. The van der Waals surface area contributed by atoms with Crippen molar-refractivity contribution in [1.29, 1.82) is 0 Å². The van der Waals surface area contributed by atoms with E-state index >= 15 is 0 Å². The molecule has 0 aromatic carbocycles. The zero-order chi connectivity index (χ0) is 13.9. The first-order valence-corrected chi connectivity index (χ1v) is 7.48. The number of sulfone groups is 1. The van der Waals surface area contributed by atoms with Crippen LogP contribution in [0.3, 0.4) is 0 Å². The van der Waals surface area contributed by atoms with Crippen molar-refractivity contribution in [2.75, 3.05) is 0 Å². The van der Waals surface area contributed by atoms with E-state index in [-0.39, 0.29) is 11.8 Å². The standard InChI is InChI=1S/C11H18N2O4S/c1-4-8(2)13-6-5-10(12-13)7-18(16,17)9(3)11(14)15/h5-6,8-9H,4,7H2,1-3H3,(H,14,15). The molecule has 0 bridgehead atoms. The number of nitrogens with zero attached hydrogens (tertiary/aromatic N) is 2. The molecule has 0 radical (unpaired) electrons. The van der Waals surface area contributed by atoms with Gasteiger partial charge in [0.15, 0.2) is 15.1 Å². The minimum absolute atomic E-state index is 0.193. The number of aromatic nitrogens is 2. The van der Waals surface area contributed by atoms with Crippen LogP contribution in [0.2, 0.25) is 0 Å². The quantitative estimate of drug-likeness (QED) is 0.843. The van der Waals surface area contributed by atoms with Crippen molar-refractivity contribution in [3.63, 3.8) is 0 Å². The van der Waals surface area contributed by atoms with Gasteiger partial charge in [-0.25, -0.2) is 8.42 Å². The van der Waals surface area contributed by atoms with E-state index in [1.807, 2.05) is 13.8 Å². The van der Waals surface area contributed by atoms with Gasteiger partial charge >= 0.3 is 5.97 Å². The minimum Gasteiger partial charge on any atom is -0.480 e. The van der Waals surface area contributed by atoms with Gasteiger partial charge in [0.1, 0.15) is 0 Å². The van der Waals surface area contributed by atoms with Crippen molar-refractivity contribution >= 4 is 15.8 Å². The Morgan fingerprint density at radius 3 is 2.61 bits per heavy atom. The van der Waals surface area contributed by atoms with Gasteiger partial charge in [-0.1, -0.05) is 6.92 Å². The van der Waals surface area contributed by atoms with E-state index < -0.39 is 21.1 Å². The molecule has 7 heteroatoms. The molecule has 0 amide bonds. The number of carboxylic acid groups (broad SMARTS) is 1. The van der Waals surface area contributed by atoms with Gasteiger partial charge in [-0.05, 0) is 26.3 Å². The predicted octanol–water partition coefficient (Wildman–Crippen LogP) is 1.24. The Morgan fingerprint density at radius 1 is 1.50 bits per heavy atom. The first-order chi connectivity index (χ1) is 8.27. The van der Waals surface area contributed by atoms with Gasteiger partial charge in [-0.15, -0.1) is 0 Å². The van der Waals surface area contributed by atoms with Crippen LogP contribution in [-0.2, 0) is 20.4 Å². The summed E-state index contributed by atoms with van der Waals surface area (Å²) in [6, 6.07) is 1.80. The molecule has 0 aliphatic heterocycles. The monoisotopic (exact) mass is 274 g/mol. The molecule has 2 unspecified atom stereocenters. The van der Waals surface area contributed by atoms with Crippen molar-refractivity contribution in [1.82, 2.24) is 9.78 Å². The minimum atomic E-state index is -3.71. The first-order valence-electron chi connectivity index (χ1n) is 5.76. The fourth-order valence-corrected chi connectivity index (χ4v) is 2.50. The van der Waals surface area contributed by atoms with Crippen LogP contribution in [0.4, 0.5) is 0 Å². The predicted molar refractivity (Wildman–Crippen MR) is 67.0 cm³/mol. The van der Waals surface area contributed by atoms with Gasteiger partial charge in [-0.3, -0.25) is 9.48 Å². The molecule has 0 aliphatic rings. The van der Waals surface area contributed by atoms with Crippen molar-refractivity contribution in [3.8, 4) is 0 Å². The maximum atomic E-state index is 11.8. The average Bonchev–Trinajstić information content (AvgIpc) is 2.74. The van der Waals surface area contributed by atoms with Gasteiger partial charge in [0.25, 0.3) is 0 Å². The maximum Gasteiger partial charge on any atom is 0.321 e. The zero-order valence-corrected chi connectivity index (χ0v) is 11.5. The molecular weight excluding hydrogens is 256 g/mol. The molecule has 0 aliphatic carbocycles. The number of hydrogen-bond donors (Lipinski definition) is 1. The molecular formula is C11H18N2O4S. The van der Waals surface area contributed by atoms with E-state index in [9.17, 15) is 13.2 Å². The third kappa shape index (κ3) is 3.32. The van der Waals surface area contributed by atoms with E-state index in [0.717, 1.165) is 6.42 Å². The number of rotatable bonds is 6. The van der Waals surface area contributed by atoms with Gasteiger partial charge in [0.05, 0.1) is 11.4 Å². The fourth-order valence-electron chi connectivity index (χ4n) is 1.37. The third-order valence-electron chi connectivity index (χ3n) is 2.94. The lowest BCUT2D eigenvalue weighted by molar-refractivity contribution is -0.136. The molecule has 1 heterocycles. The first kappa shape index (κ1) is 14.7. The molecule has 102 valence electrons. The number of carbonyl (C=O) groups is 1. The fraction of sp³-hybridized carbons (Fsp3) is 0.636. The second kappa shape index (κ2) is 5.51. The van der Waals surface area contributed by atoms with E-state index in [4.69, 9.17) is 5.11 Å². The summed E-state index contributed by atoms with van der Waals surface area (Å²) in [6.07, 6.45) is 2.60. The van der Waals surface area contributed by atoms with Crippen LogP contribution in [0.25, 0.3) is 0 Å². The van der Waals surface area contributed by atoms with E-state index in [1.165, 1.54) is 6.92 Å².